The number of nitrogen functional groups attached to an aromatic ring is 1. The van der Waals surface area contributed by atoms with Gasteiger partial charge in [0.05, 0.1) is 16.9 Å². The zero-order chi connectivity index (χ0) is 19.1. The minimum Gasteiger partial charge on any atom is -0.384 e. The van der Waals surface area contributed by atoms with Gasteiger partial charge in [-0.1, -0.05) is 17.7 Å². The quantitative estimate of drug-likeness (QED) is 0.564. The summed E-state index contributed by atoms with van der Waals surface area (Å²) in [5.41, 5.74) is 6.83. The van der Waals surface area contributed by atoms with Gasteiger partial charge in [0.1, 0.15) is 28.7 Å². The van der Waals surface area contributed by atoms with E-state index in [9.17, 15) is 9.18 Å². The van der Waals surface area contributed by atoms with Gasteiger partial charge in [-0.25, -0.2) is 18.6 Å². The van der Waals surface area contributed by atoms with E-state index in [0.717, 1.165) is 0 Å². The number of nitrogens with zero attached hydrogens (tertiary/aromatic N) is 5. The highest BCUT2D eigenvalue weighted by molar-refractivity contribution is 6.32. The molecule has 27 heavy (non-hydrogen) atoms. The number of hydrogen-bond acceptors (Lipinski definition) is 5. The maximum Gasteiger partial charge on any atom is 0.262 e. The average molecular weight is 386 g/mol. The summed E-state index contributed by atoms with van der Waals surface area (Å²) in [6.07, 6.45) is 2.97. The first kappa shape index (κ1) is 17.0. The fourth-order valence-electron chi connectivity index (χ4n) is 2.68. The number of fused-ring (bicyclic) bond motifs is 1. The highest BCUT2D eigenvalue weighted by Gasteiger charge is 2.20. The number of carbonyl (C=O) groups is 1. The molecule has 0 fully saturated rings. The number of benzene rings is 1. The van der Waals surface area contributed by atoms with Crippen molar-refractivity contribution in [1.29, 1.82) is 0 Å². The zero-order valence-corrected chi connectivity index (χ0v) is 14.8. The van der Waals surface area contributed by atoms with Crippen LogP contribution in [0.15, 0.2) is 42.7 Å². The fraction of sp³-hybridized carbons (Fsp3) is 0.0588. The molecule has 0 unspecified atom stereocenters. The second kappa shape index (κ2) is 6.36. The normalized spacial score (nSPS) is 11.1. The molecule has 0 radical (unpaired) electrons. The molecule has 0 aliphatic carbocycles. The van der Waals surface area contributed by atoms with E-state index in [2.05, 4.69) is 20.5 Å². The van der Waals surface area contributed by atoms with E-state index in [4.69, 9.17) is 17.3 Å². The van der Waals surface area contributed by atoms with E-state index in [1.807, 2.05) is 0 Å². The minimum absolute atomic E-state index is 0.0461. The molecule has 136 valence electrons. The first-order valence-corrected chi connectivity index (χ1v) is 8.24. The Balaban J connectivity index is 1.75. The highest BCUT2D eigenvalue weighted by atomic mass is 35.5. The molecule has 4 rings (SSSR count). The van der Waals surface area contributed by atoms with E-state index < -0.39 is 11.7 Å². The lowest BCUT2D eigenvalue weighted by Crippen LogP contribution is -2.16. The molecule has 10 heteroatoms. The van der Waals surface area contributed by atoms with Gasteiger partial charge in [0, 0.05) is 12.3 Å². The minimum atomic E-state index is -0.563. The SMILES string of the molecule is Cc1cc(NC(=O)c2cnn3ccc(N)nc23)n(-c2c(F)cccc2Cl)n1. The molecule has 0 atom stereocenters. The predicted octanol–water partition coefficient (Wildman–Crippen LogP) is 2.85. The molecule has 8 nitrogen and oxygen atoms in total. The number of aromatic nitrogens is 5. The van der Waals surface area contributed by atoms with Crippen LogP contribution in [-0.2, 0) is 0 Å². The predicted molar refractivity (Wildman–Crippen MR) is 98.6 cm³/mol. The van der Waals surface area contributed by atoms with Crippen LogP contribution in [0.3, 0.4) is 0 Å². The van der Waals surface area contributed by atoms with Gasteiger partial charge in [-0.2, -0.15) is 10.2 Å². The highest BCUT2D eigenvalue weighted by Crippen LogP contribution is 2.27. The maximum absolute atomic E-state index is 14.3. The molecule has 3 aromatic heterocycles. The molecule has 0 saturated heterocycles. The summed E-state index contributed by atoms with van der Waals surface area (Å²) in [7, 11) is 0. The molecule has 0 saturated carbocycles. The summed E-state index contributed by atoms with van der Waals surface area (Å²) < 4.78 is 17.0. The molecule has 0 aliphatic heterocycles. The number of nitrogens with two attached hydrogens (primary N) is 1. The van der Waals surface area contributed by atoms with Crippen LogP contribution in [0.4, 0.5) is 16.0 Å². The Morgan fingerprint density at radius 3 is 2.93 bits per heavy atom. The molecule has 0 spiro atoms. The van der Waals surface area contributed by atoms with E-state index in [1.165, 1.54) is 27.5 Å². The standard InChI is InChI=1S/C17H13ClFN7O/c1-9-7-14(26(24-9)15-11(18)3-2-4-12(15)19)23-17(27)10-8-21-25-6-5-13(20)22-16(10)25/h2-8H,1H3,(H2,20,22)(H,23,27). The van der Waals surface area contributed by atoms with Crippen LogP contribution >= 0.6 is 11.6 Å². The number of nitrogens with one attached hydrogen (secondary N) is 1. The van der Waals surface area contributed by atoms with Gasteiger partial charge < -0.3 is 11.1 Å². The molecule has 1 aromatic carbocycles. The fourth-order valence-corrected chi connectivity index (χ4v) is 2.92. The first-order chi connectivity index (χ1) is 12.9. The Morgan fingerprint density at radius 2 is 2.15 bits per heavy atom. The summed E-state index contributed by atoms with van der Waals surface area (Å²) in [5, 5.41) is 11.2. The van der Waals surface area contributed by atoms with Gasteiger partial charge in [-0.05, 0) is 25.1 Å². The van der Waals surface area contributed by atoms with Crippen LogP contribution in [0, 0.1) is 12.7 Å². The number of hydrogen-bond donors (Lipinski definition) is 2. The molecular weight excluding hydrogens is 373 g/mol. The lowest BCUT2D eigenvalue weighted by atomic mass is 10.3. The second-order valence-corrected chi connectivity index (χ2v) is 6.19. The van der Waals surface area contributed by atoms with Gasteiger partial charge in [0.2, 0.25) is 0 Å². The molecule has 0 aliphatic rings. The van der Waals surface area contributed by atoms with Gasteiger partial charge in [0.25, 0.3) is 5.91 Å². The van der Waals surface area contributed by atoms with Crippen LogP contribution in [-0.4, -0.2) is 30.3 Å². The van der Waals surface area contributed by atoms with Gasteiger partial charge >= 0.3 is 0 Å². The van der Waals surface area contributed by atoms with E-state index in [0.29, 0.717) is 11.3 Å². The topological polar surface area (TPSA) is 103 Å². The monoisotopic (exact) mass is 385 g/mol. The van der Waals surface area contributed by atoms with Gasteiger partial charge in [0.15, 0.2) is 5.65 Å². The second-order valence-electron chi connectivity index (χ2n) is 5.79. The van der Waals surface area contributed by atoms with Crippen molar-refractivity contribution in [3.63, 3.8) is 0 Å². The number of amides is 1. The van der Waals surface area contributed by atoms with E-state index >= 15 is 0 Å². The third kappa shape index (κ3) is 2.97. The van der Waals surface area contributed by atoms with Crippen molar-refractivity contribution < 1.29 is 9.18 Å². The van der Waals surface area contributed by atoms with Crippen molar-refractivity contribution in [3.8, 4) is 5.69 Å². The Morgan fingerprint density at radius 1 is 1.33 bits per heavy atom. The molecule has 1 amide bonds. The van der Waals surface area contributed by atoms with Crippen LogP contribution in [0.2, 0.25) is 5.02 Å². The average Bonchev–Trinajstić information content (AvgIpc) is 3.18. The first-order valence-electron chi connectivity index (χ1n) is 7.86. The zero-order valence-electron chi connectivity index (χ0n) is 14.0. The Hall–Kier alpha value is -3.46. The van der Waals surface area contributed by atoms with Crippen molar-refractivity contribution in [2.75, 3.05) is 11.1 Å². The van der Waals surface area contributed by atoms with Crippen molar-refractivity contribution in [1.82, 2.24) is 24.4 Å². The smallest absolute Gasteiger partial charge is 0.262 e. The number of halogens is 2. The number of anilines is 2. The molecule has 0 bridgehead atoms. The summed E-state index contributed by atoms with van der Waals surface area (Å²) in [4.78, 5) is 16.9. The molecule has 3 N–H and O–H groups in total. The lowest BCUT2D eigenvalue weighted by Gasteiger charge is -2.10. The Kier molecular flexibility index (Phi) is 4.00. The molecule has 4 aromatic rings. The van der Waals surface area contributed by atoms with Crippen molar-refractivity contribution in [3.05, 3.63) is 64.8 Å². The lowest BCUT2D eigenvalue weighted by molar-refractivity contribution is 0.102. The summed E-state index contributed by atoms with van der Waals surface area (Å²) in [6.45, 7) is 1.72. The third-order valence-electron chi connectivity index (χ3n) is 3.86. The Labute approximate surface area is 157 Å². The van der Waals surface area contributed by atoms with Crippen molar-refractivity contribution in [2.24, 2.45) is 0 Å². The largest absolute Gasteiger partial charge is 0.384 e. The number of carbonyl (C=O) groups excluding carboxylic acids is 1. The number of rotatable bonds is 3. The van der Waals surface area contributed by atoms with Gasteiger partial charge in [-0.3, -0.25) is 4.79 Å². The Bertz CT molecular complexity index is 1160. The van der Waals surface area contributed by atoms with Crippen LogP contribution in [0.5, 0.6) is 0 Å². The van der Waals surface area contributed by atoms with E-state index in [-0.39, 0.29) is 27.9 Å². The summed E-state index contributed by atoms with van der Waals surface area (Å²) in [6, 6.07) is 7.47. The van der Waals surface area contributed by atoms with Crippen molar-refractivity contribution >= 4 is 34.8 Å². The summed E-state index contributed by atoms with van der Waals surface area (Å²) in [5.74, 6) is -0.535. The molecule has 3 heterocycles. The third-order valence-corrected chi connectivity index (χ3v) is 4.16. The summed E-state index contributed by atoms with van der Waals surface area (Å²) >= 11 is 6.13. The van der Waals surface area contributed by atoms with Gasteiger partial charge in [-0.15, -0.1) is 0 Å². The maximum atomic E-state index is 14.3. The van der Waals surface area contributed by atoms with Crippen LogP contribution in [0.25, 0.3) is 11.3 Å². The van der Waals surface area contributed by atoms with Crippen molar-refractivity contribution in [2.45, 2.75) is 6.92 Å². The number of para-hydroxylation sites is 1. The van der Waals surface area contributed by atoms with E-state index in [1.54, 1.807) is 31.3 Å². The van der Waals surface area contributed by atoms with Crippen LogP contribution in [0.1, 0.15) is 16.1 Å². The molecular formula is C17H13ClFN7O. The number of aryl methyl sites for hydroxylation is 1. The van der Waals surface area contributed by atoms with Crippen LogP contribution < -0.4 is 11.1 Å².